The molecule has 0 aliphatic carbocycles. The zero-order chi connectivity index (χ0) is 56.1. The van der Waals surface area contributed by atoms with Gasteiger partial charge in [-0.05, 0) is 126 Å². The van der Waals surface area contributed by atoms with Gasteiger partial charge in [0.1, 0.15) is 47.9 Å². The number of phenolic OH excluding ortho intramolecular Hbond substituents is 1. The number of anilines is 2. The molecule has 3 aromatic heterocycles. The molecule has 7 saturated heterocycles. The van der Waals surface area contributed by atoms with Gasteiger partial charge in [0.15, 0.2) is 5.82 Å². The molecule has 0 saturated carbocycles. The fourth-order valence-corrected chi connectivity index (χ4v) is 14.9. The maximum atomic E-state index is 17.3. The standard InChI is InChI=1S/C60H67F2N11O8/c1-4-41-44(61)10-8-36-26-40(74)28-42(49(36)41)51-50(62)52-43(29-63-51)53(69-21-5-17-58(2,79)31-69)66-55(65-52)81-35-60-19-7-23-72(60)39(14-20-60)30-80-57(78)70-22-6-18-59(32-70)33-71(34-59)37-15-24-68(25-16-37)38-9-11-45-47(27-38)67(3)56(77)73(45)46-12-13-48(75)64-54(46)76/h1,8-11,26-29,37,39,46,74,79H,5-7,12-25,30-35H2,2-3H3,(H,64,75,76)/t39-,46?,58+,60-/m0/s1. The number of rotatable bonds is 10. The second-order valence-corrected chi connectivity index (χ2v) is 24.3. The molecule has 3 aromatic carbocycles. The minimum atomic E-state index is -1.02. The van der Waals surface area contributed by atoms with Gasteiger partial charge in [-0.15, -0.1) is 6.42 Å². The van der Waals surface area contributed by atoms with E-state index < -0.39 is 29.2 Å². The Kier molecular flexibility index (Phi) is 13.2. The van der Waals surface area contributed by atoms with E-state index in [1.807, 2.05) is 28.0 Å². The Morgan fingerprint density at radius 1 is 0.889 bits per heavy atom. The fraction of sp³-hybridized carbons (Fsp3) is 0.517. The predicted octanol–water partition coefficient (Wildman–Crippen LogP) is 6.37. The van der Waals surface area contributed by atoms with Crippen molar-refractivity contribution in [1.29, 1.82) is 0 Å². The number of amides is 3. The third kappa shape index (κ3) is 9.36. The second-order valence-electron chi connectivity index (χ2n) is 24.3. The number of nitrogens with zero attached hydrogens (tertiary/aromatic N) is 10. The number of carbonyl (C=O) groups is 3. The molecule has 4 atom stereocenters. The van der Waals surface area contributed by atoms with Crippen molar-refractivity contribution in [3.63, 3.8) is 0 Å². The Hall–Kier alpha value is -7.41. The van der Waals surface area contributed by atoms with Crippen LogP contribution in [0.3, 0.4) is 0 Å². The number of halogens is 2. The quantitative estimate of drug-likeness (QED) is 0.101. The number of benzene rings is 3. The van der Waals surface area contributed by atoms with E-state index in [0.717, 1.165) is 95.3 Å². The van der Waals surface area contributed by atoms with Crippen LogP contribution >= 0.6 is 0 Å². The second kappa shape index (κ2) is 20.2. The molecule has 1 spiro atoms. The highest BCUT2D eigenvalue weighted by molar-refractivity contribution is 6.03. The van der Waals surface area contributed by atoms with Crippen molar-refractivity contribution in [2.75, 3.05) is 81.9 Å². The van der Waals surface area contributed by atoms with E-state index in [-0.39, 0.29) is 100 Å². The van der Waals surface area contributed by atoms with E-state index in [0.29, 0.717) is 67.0 Å². The van der Waals surface area contributed by atoms with Crippen molar-refractivity contribution in [3.05, 3.63) is 76.3 Å². The molecule has 0 bridgehead atoms. The molecule has 7 aliphatic rings. The zero-order valence-electron chi connectivity index (χ0n) is 45.8. The van der Waals surface area contributed by atoms with Gasteiger partial charge in [0.2, 0.25) is 11.8 Å². The average Bonchev–Trinajstić information content (AvgIpc) is 4.13. The fourth-order valence-electron chi connectivity index (χ4n) is 14.9. The van der Waals surface area contributed by atoms with Gasteiger partial charge in [-0.25, -0.2) is 18.4 Å². The van der Waals surface area contributed by atoms with Crippen LogP contribution in [-0.4, -0.2) is 162 Å². The van der Waals surface area contributed by atoms with E-state index in [4.69, 9.17) is 20.9 Å². The molecule has 10 heterocycles. The number of phenols is 1. The molecule has 19 nitrogen and oxygen atoms in total. The van der Waals surface area contributed by atoms with Crippen LogP contribution < -0.4 is 25.5 Å². The molecule has 0 radical (unpaired) electrons. The number of piperidine rings is 4. The molecule has 6 aromatic rings. The number of hydrogen-bond donors (Lipinski definition) is 3. The number of terminal acetylenes is 1. The van der Waals surface area contributed by atoms with Crippen LogP contribution in [0.2, 0.25) is 0 Å². The van der Waals surface area contributed by atoms with E-state index >= 15 is 8.78 Å². The van der Waals surface area contributed by atoms with Gasteiger partial charge in [-0.3, -0.25) is 38.8 Å². The number of ether oxygens (including phenoxy) is 2. The number of pyridine rings is 1. The lowest BCUT2D eigenvalue weighted by Crippen LogP contribution is -2.66. The number of imide groups is 1. The van der Waals surface area contributed by atoms with Gasteiger partial charge in [-0.2, -0.15) is 9.97 Å². The Bertz CT molecular complexity index is 3660. The molecule has 3 N–H and O–H groups in total. The number of aliphatic hydroxyl groups is 1. The summed E-state index contributed by atoms with van der Waals surface area (Å²) in [7, 11) is 1.72. The maximum Gasteiger partial charge on any atom is 0.409 e. The first-order valence-electron chi connectivity index (χ1n) is 28.6. The lowest BCUT2D eigenvalue weighted by atomic mass is 9.72. The summed E-state index contributed by atoms with van der Waals surface area (Å²) in [6, 6.07) is 11.0. The minimum absolute atomic E-state index is 0.0128. The summed E-state index contributed by atoms with van der Waals surface area (Å²) in [6.45, 7) is 8.77. The van der Waals surface area contributed by atoms with Crippen LogP contribution in [0.5, 0.6) is 11.8 Å². The minimum Gasteiger partial charge on any atom is -0.508 e. The Balaban J connectivity index is 0.645. The number of imidazole rings is 1. The largest absolute Gasteiger partial charge is 0.508 e. The smallest absolute Gasteiger partial charge is 0.409 e. The monoisotopic (exact) mass is 1110 g/mol. The number of likely N-dealkylation sites (tertiary alicyclic amines) is 2. The van der Waals surface area contributed by atoms with Crippen molar-refractivity contribution in [2.24, 2.45) is 12.5 Å². The van der Waals surface area contributed by atoms with Crippen molar-refractivity contribution >= 4 is 62.1 Å². The number of aryl methyl sites for hydroxylation is 1. The highest BCUT2D eigenvalue weighted by atomic mass is 19.1. The lowest BCUT2D eigenvalue weighted by molar-refractivity contribution is -0.135. The SMILES string of the molecule is C#Cc1c(F)ccc2cc(O)cc(-c3ncc4c(N5CCC[C@@](C)(O)C5)nc(OC[C@@]56CCCN5[C@H](COC(=O)N5CCCC7(C5)CN(C5CCN(c8ccc9c(c8)n(C)c(=O)n9C8CCC(=O)NC8=O)CC5)C7)CC6)nc4c3F)c12. The van der Waals surface area contributed by atoms with Gasteiger partial charge in [0.25, 0.3) is 0 Å². The molecule has 3 amide bonds. The molecule has 21 heteroatoms. The van der Waals surface area contributed by atoms with Crippen LogP contribution in [0.4, 0.5) is 25.1 Å². The Morgan fingerprint density at radius 3 is 2.48 bits per heavy atom. The van der Waals surface area contributed by atoms with Crippen LogP contribution in [0, 0.1) is 29.4 Å². The first-order chi connectivity index (χ1) is 39.0. The number of β-amino-alcohol motifs (C(OH)–C–C–N with tert-alkyl or cyclic N) is 1. The van der Waals surface area contributed by atoms with Crippen LogP contribution in [0.25, 0.3) is 44.0 Å². The number of aromatic hydroxyl groups is 1. The average molecular weight is 1110 g/mol. The van der Waals surface area contributed by atoms with Gasteiger partial charge in [-0.1, -0.05) is 12.0 Å². The third-order valence-corrected chi connectivity index (χ3v) is 18.9. The molecule has 424 valence electrons. The Morgan fingerprint density at radius 2 is 1.69 bits per heavy atom. The number of carbonyl (C=O) groups excluding carboxylic acids is 3. The summed E-state index contributed by atoms with van der Waals surface area (Å²) in [5.41, 5.74) is 0.552. The number of fused-ring (bicyclic) bond motifs is 4. The summed E-state index contributed by atoms with van der Waals surface area (Å²) < 4.78 is 48.2. The summed E-state index contributed by atoms with van der Waals surface area (Å²) in [6.07, 6.45) is 16.0. The van der Waals surface area contributed by atoms with E-state index in [1.165, 1.54) is 35.0 Å². The summed E-state index contributed by atoms with van der Waals surface area (Å²) in [5, 5.41) is 25.2. The number of nitrogens with one attached hydrogen (secondary N) is 1. The van der Waals surface area contributed by atoms with Crippen LogP contribution in [0.15, 0.2) is 53.5 Å². The van der Waals surface area contributed by atoms with E-state index in [1.54, 1.807) is 18.5 Å². The predicted molar refractivity (Wildman–Crippen MR) is 299 cm³/mol. The third-order valence-electron chi connectivity index (χ3n) is 18.9. The van der Waals surface area contributed by atoms with Crippen molar-refractivity contribution in [3.8, 4) is 35.4 Å². The normalized spacial score (nSPS) is 25.4. The van der Waals surface area contributed by atoms with Gasteiger partial charge < -0.3 is 34.4 Å². The number of hydrogen-bond acceptors (Lipinski definition) is 15. The van der Waals surface area contributed by atoms with Crippen LogP contribution in [0.1, 0.15) is 95.6 Å². The molecule has 7 fully saturated rings. The number of aromatic nitrogens is 5. The highest BCUT2D eigenvalue weighted by Gasteiger charge is 2.52. The van der Waals surface area contributed by atoms with E-state index in [9.17, 15) is 29.4 Å². The molecule has 81 heavy (non-hydrogen) atoms. The van der Waals surface area contributed by atoms with Gasteiger partial charge in [0.05, 0.1) is 33.1 Å². The molecule has 1 unspecified atom stereocenters. The van der Waals surface area contributed by atoms with E-state index in [2.05, 4.69) is 35.9 Å². The Labute approximate surface area is 466 Å². The van der Waals surface area contributed by atoms with Crippen molar-refractivity contribution in [2.45, 2.75) is 113 Å². The summed E-state index contributed by atoms with van der Waals surface area (Å²) in [5.74, 6) is 0.313. The maximum absolute atomic E-state index is 17.3. The molecular formula is C60H67F2N11O8. The molecule has 7 aliphatic heterocycles. The van der Waals surface area contributed by atoms with Gasteiger partial charge >= 0.3 is 17.8 Å². The molecular weight excluding hydrogens is 1040 g/mol. The first-order valence-corrected chi connectivity index (χ1v) is 28.6. The van der Waals surface area contributed by atoms with Crippen LogP contribution in [-0.2, 0) is 21.4 Å². The summed E-state index contributed by atoms with van der Waals surface area (Å²) >= 11 is 0. The van der Waals surface area contributed by atoms with Gasteiger partial charge in [0, 0.05) is 106 Å². The van der Waals surface area contributed by atoms with Crippen molar-refractivity contribution in [1.82, 2.24) is 44.1 Å². The van der Waals surface area contributed by atoms with Crippen molar-refractivity contribution < 1.29 is 42.9 Å². The zero-order valence-corrected chi connectivity index (χ0v) is 45.8. The first kappa shape index (κ1) is 52.9. The lowest BCUT2D eigenvalue weighted by Gasteiger charge is -2.57. The summed E-state index contributed by atoms with van der Waals surface area (Å²) in [4.78, 5) is 77.0. The molecule has 13 rings (SSSR count). The highest BCUT2D eigenvalue weighted by Crippen LogP contribution is 2.46. The topological polar surface area (TPSA) is 204 Å².